The van der Waals surface area contributed by atoms with Gasteiger partial charge in [-0.2, -0.15) is 0 Å². The maximum atomic E-state index is 11.0. The zero-order chi connectivity index (χ0) is 14.4. The van der Waals surface area contributed by atoms with Crippen LogP contribution in [0.5, 0.6) is 0 Å². The second-order valence-electron chi connectivity index (χ2n) is 5.77. The standard InChI is InChI=1S/C16H15N3O2/c20-19(21)14-6-3-7-17-16(14)18-9-13-12-8-10-4-1-2-5-11(10)15(12)13/h1-7,12-13,15H,8-9H2,(H,17,18). The molecule has 1 N–H and O–H groups in total. The van der Waals surface area contributed by atoms with Crippen molar-refractivity contribution in [2.45, 2.75) is 12.3 Å². The molecule has 2 aliphatic carbocycles. The predicted molar refractivity (Wildman–Crippen MR) is 79.2 cm³/mol. The Bertz CT molecular complexity index is 716. The fraction of sp³-hybridized carbons (Fsp3) is 0.312. The molecule has 4 rings (SSSR count). The van der Waals surface area contributed by atoms with Gasteiger partial charge < -0.3 is 5.32 Å². The molecule has 1 fully saturated rings. The molecular formula is C16H15N3O2. The third-order valence-corrected chi connectivity index (χ3v) is 4.69. The summed E-state index contributed by atoms with van der Waals surface area (Å²) in [4.78, 5) is 14.7. The van der Waals surface area contributed by atoms with E-state index in [-0.39, 0.29) is 5.69 Å². The minimum atomic E-state index is -0.391. The molecule has 0 bridgehead atoms. The van der Waals surface area contributed by atoms with Gasteiger partial charge in [0.2, 0.25) is 5.82 Å². The van der Waals surface area contributed by atoms with Crippen LogP contribution in [0.15, 0.2) is 42.6 Å². The van der Waals surface area contributed by atoms with Crippen molar-refractivity contribution < 1.29 is 4.92 Å². The Kier molecular flexibility index (Phi) is 2.67. The number of aromatic nitrogens is 1. The van der Waals surface area contributed by atoms with Crippen molar-refractivity contribution in [3.63, 3.8) is 0 Å². The van der Waals surface area contributed by atoms with Crippen molar-refractivity contribution in [3.8, 4) is 0 Å². The molecule has 1 heterocycles. The minimum absolute atomic E-state index is 0.0451. The summed E-state index contributed by atoms with van der Waals surface area (Å²) in [7, 11) is 0. The molecule has 1 aromatic heterocycles. The van der Waals surface area contributed by atoms with Crippen LogP contribution in [-0.4, -0.2) is 16.5 Å². The minimum Gasteiger partial charge on any atom is -0.364 e. The van der Waals surface area contributed by atoms with E-state index in [1.165, 1.54) is 17.2 Å². The third-order valence-electron chi connectivity index (χ3n) is 4.69. The van der Waals surface area contributed by atoms with Gasteiger partial charge in [0.05, 0.1) is 4.92 Å². The molecule has 5 heteroatoms. The summed E-state index contributed by atoms with van der Waals surface area (Å²) in [6.07, 6.45) is 2.72. The Morgan fingerprint density at radius 2 is 2.14 bits per heavy atom. The van der Waals surface area contributed by atoms with Crippen LogP contribution in [0, 0.1) is 22.0 Å². The monoisotopic (exact) mass is 281 g/mol. The van der Waals surface area contributed by atoms with Crippen molar-refractivity contribution in [2.24, 2.45) is 11.8 Å². The number of hydrogen-bond donors (Lipinski definition) is 1. The SMILES string of the molecule is O=[N+]([O-])c1cccnc1NCC1C2Cc3ccccc3C12. The summed E-state index contributed by atoms with van der Waals surface area (Å²) < 4.78 is 0. The Labute approximate surface area is 122 Å². The summed E-state index contributed by atoms with van der Waals surface area (Å²) in [5.74, 6) is 2.26. The summed E-state index contributed by atoms with van der Waals surface area (Å²) in [5.41, 5.74) is 2.97. The van der Waals surface area contributed by atoms with Gasteiger partial charge in [0.25, 0.3) is 0 Å². The Morgan fingerprint density at radius 3 is 3.00 bits per heavy atom. The number of rotatable bonds is 4. The fourth-order valence-electron chi connectivity index (χ4n) is 3.66. The van der Waals surface area contributed by atoms with Crippen molar-refractivity contribution in [1.82, 2.24) is 4.98 Å². The molecule has 2 aromatic rings. The van der Waals surface area contributed by atoms with Gasteiger partial charge in [0.1, 0.15) is 0 Å². The Morgan fingerprint density at radius 1 is 1.29 bits per heavy atom. The lowest BCUT2D eigenvalue weighted by Crippen LogP contribution is -2.10. The van der Waals surface area contributed by atoms with Crippen molar-refractivity contribution in [1.29, 1.82) is 0 Å². The molecule has 0 aliphatic heterocycles. The number of nitro groups is 1. The van der Waals surface area contributed by atoms with Crippen LogP contribution < -0.4 is 5.32 Å². The first-order valence-electron chi connectivity index (χ1n) is 7.17. The van der Waals surface area contributed by atoms with Crippen LogP contribution in [0.2, 0.25) is 0 Å². The van der Waals surface area contributed by atoms with Crippen LogP contribution in [0.25, 0.3) is 0 Å². The number of nitrogens with one attached hydrogen (secondary N) is 1. The van der Waals surface area contributed by atoms with Crippen LogP contribution in [-0.2, 0) is 6.42 Å². The largest absolute Gasteiger partial charge is 0.364 e. The number of fused-ring (bicyclic) bond motifs is 3. The number of anilines is 1. The topological polar surface area (TPSA) is 68.1 Å². The lowest BCUT2D eigenvalue weighted by atomic mass is 10.0. The van der Waals surface area contributed by atoms with Gasteiger partial charge >= 0.3 is 5.69 Å². The summed E-state index contributed by atoms with van der Waals surface area (Å²) in [6.45, 7) is 0.752. The van der Waals surface area contributed by atoms with E-state index in [1.807, 2.05) is 0 Å². The first-order chi connectivity index (χ1) is 10.3. The molecule has 1 aromatic carbocycles. The van der Waals surface area contributed by atoms with Gasteiger partial charge in [-0.3, -0.25) is 10.1 Å². The average molecular weight is 281 g/mol. The fourth-order valence-corrected chi connectivity index (χ4v) is 3.66. The molecular weight excluding hydrogens is 266 g/mol. The van der Waals surface area contributed by atoms with E-state index in [9.17, 15) is 10.1 Å². The molecule has 1 saturated carbocycles. The number of benzene rings is 1. The van der Waals surface area contributed by atoms with Crippen molar-refractivity contribution >= 4 is 11.5 Å². The Balaban J connectivity index is 1.46. The van der Waals surface area contributed by atoms with Crippen molar-refractivity contribution in [2.75, 3.05) is 11.9 Å². The maximum Gasteiger partial charge on any atom is 0.311 e. The van der Waals surface area contributed by atoms with Gasteiger partial charge in [-0.25, -0.2) is 4.98 Å². The molecule has 106 valence electrons. The quantitative estimate of drug-likeness (QED) is 0.691. The number of pyridine rings is 1. The molecule has 5 nitrogen and oxygen atoms in total. The van der Waals surface area contributed by atoms with E-state index in [0.717, 1.165) is 13.0 Å². The van der Waals surface area contributed by atoms with Crippen LogP contribution in [0.3, 0.4) is 0 Å². The molecule has 21 heavy (non-hydrogen) atoms. The summed E-state index contributed by atoms with van der Waals surface area (Å²) >= 11 is 0. The van der Waals surface area contributed by atoms with Crippen LogP contribution in [0.4, 0.5) is 11.5 Å². The van der Waals surface area contributed by atoms with Gasteiger partial charge in [-0.15, -0.1) is 0 Å². The van der Waals surface area contributed by atoms with Crippen LogP contribution >= 0.6 is 0 Å². The third kappa shape index (κ3) is 1.96. The van der Waals surface area contributed by atoms with E-state index in [0.29, 0.717) is 23.6 Å². The summed E-state index contributed by atoms with van der Waals surface area (Å²) in [6, 6.07) is 11.7. The van der Waals surface area contributed by atoms with Crippen LogP contribution in [0.1, 0.15) is 17.0 Å². The molecule has 0 amide bonds. The normalized spacial score (nSPS) is 25.0. The van der Waals surface area contributed by atoms with Gasteiger partial charge in [0.15, 0.2) is 0 Å². The van der Waals surface area contributed by atoms with E-state index in [4.69, 9.17) is 0 Å². The molecule has 3 unspecified atom stereocenters. The average Bonchev–Trinajstić information content (AvgIpc) is 3.04. The maximum absolute atomic E-state index is 11.0. The van der Waals surface area contributed by atoms with Gasteiger partial charge in [-0.05, 0) is 41.4 Å². The highest BCUT2D eigenvalue weighted by atomic mass is 16.6. The van der Waals surface area contributed by atoms with E-state index in [1.54, 1.807) is 12.3 Å². The van der Waals surface area contributed by atoms with Crippen molar-refractivity contribution in [3.05, 3.63) is 63.8 Å². The van der Waals surface area contributed by atoms with E-state index < -0.39 is 4.92 Å². The van der Waals surface area contributed by atoms with Gasteiger partial charge in [-0.1, -0.05) is 24.3 Å². The lowest BCUT2D eigenvalue weighted by Gasteiger charge is -2.09. The molecule has 0 saturated heterocycles. The number of nitrogens with zero attached hydrogens (tertiary/aromatic N) is 2. The Hall–Kier alpha value is -2.43. The molecule has 0 radical (unpaired) electrons. The first kappa shape index (κ1) is 12.3. The molecule has 0 spiro atoms. The zero-order valence-electron chi connectivity index (χ0n) is 11.4. The van der Waals surface area contributed by atoms with Gasteiger partial charge in [0, 0.05) is 18.8 Å². The highest BCUT2D eigenvalue weighted by molar-refractivity contribution is 5.55. The smallest absolute Gasteiger partial charge is 0.311 e. The lowest BCUT2D eigenvalue weighted by molar-refractivity contribution is -0.384. The molecule has 2 aliphatic rings. The zero-order valence-corrected chi connectivity index (χ0v) is 11.4. The number of hydrogen-bond acceptors (Lipinski definition) is 4. The van der Waals surface area contributed by atoms with E-state index >= 15 is 0 Å². The second-order valence-corrected chi connectivity index (χ2v) is 5.77. The summed E-state index contributed by atoms with van der Waals surface area (Å²) in [5, 5.41) is 14.1. The molecule has 3 atom stereocenters. The van der Waals surface area contributed by atoms with E-state index in [2.05, 4.69) is 34.6 Å². The first-order valence-corrected chi connectivity index (χ1v) is 7.17. The second kappa shape index (κ2) is 4.55. The highest BCUT2D eigenvalue weighted by Gasteiger charge is 2.54. The highest BCUT2D eigenvalue weighted by Crippen LogP contribution is 2.61. The predicted octanol–water partition coefficient (Wildman–Crippen LogP) is 2.99.